The van der Waals surface area contributed by atoms with Crippen molar-refractivity contribution in [3.8, 4) is 0 Å². The maximum atomic E-state index is 11.3. The van der Waals surface area contributed by atoms with Gasteiger partial charge in [-0.1, -0.05) is 36.8 Å². The largest absolute Gasteiger partial charge is 0.354 e. The Kier molecular flexibility index (Phi) is 4.50. The highest BCUT2D eigenvalue weighted by Gasteiger charge is 2.10. The number of rotatable bonds is 4. The monoisotopic (exact) mass is 220 g/mol. The van der Waals surface area contributed by atoms with Crippen LogP contribution in [0.3, 0.4) is 0 Å². The molecular weight excluding hydrogens is 200 g/mol. The molecule has 0 aliphatic heterocycles. The van der Waals surface area contributed by atoms with E-state index < -0.39 is 6.04 Å². The molecule has 1 rings (SSSR count). The van der Waals surface area contributed by atoms with Crippen LogP contribution in [0.15, 0.2) is 24.3 Å². The Balaban J connectivity index is 2.49. The average molecular weight is 220 g/mol. The van der Waals surface area contributed by atoms with Gasteiger partial charge < -0.3 is 11.1 Å². The first kappa shape index (κ1) is 12.7. The van der Waals surface area contributed by atoms with E-state index in [-0.39, 0.29) is 5.91 Å². The van der Waals surface area contributed by atoms with Crippen molar-refractivity contribution in [3.05, 3.63) is 35.4 Å². The molecule has 16 heavy (non-hydrogen) atoms. The predicted molar refractivity (Wildman–Crippen MR) is 66.3 cm³/mol. The molecule has 1 aromatic rings. The van der Waals surface area contributed by atoms with Gasteiger partial charge in [0.2, 0.25) is 5.91 Å². The fraction of sp³-hybridized carbons (Fsp3) is 0.462. The van der Waals surface area contributed by atoms with E-state index in [0.29, 0.717) is 12.5 Å². The van der Waals surface area contributed by atoms with Crippen LogP contribution in [0.5, 0.6) is 0 Å². The quantitative estimate of drug-likeness (QED) is 0.809. The normalized spacial score (nSPS) is 14.2. The number of hydrogen-bond donors (Lipinski definition) is 2. The first-order valence-electron chi connectivity index (χ1n) is 5.60. The summed E-state index contributed by atoms with van der Waals surface area (Å²) in [5, 5.41) is 2.83. The van der Waals surface area contributed by atoms with E-state index in [0.717, 1.165) is 0 Å². The SMILES string of the molecule is Cc1ccc(C(C)CNC(=O)[C@@H](C)N)cc1. The van der Waals surface area contributed by atoms with Gasteiger partial charge in [0.1, 0.15) is 0 Å². The minimum Gasteiger partial charge on any atom is -0.354 e. The molecule has 0 fully saturated rings. The highest BCUT2D eigenvalue weighted by atomic mass is 16.2. The van der Waals surface area contributed by atoms with Gasteiger partial charge >= 0.3 is 0 Å². The van der Waals surface area contributed by atoms with E-state index in [2.05, 4.69) is 43.4 Å². The molecule has 0 aliphatic rings. The van der Waals surface area contributed by atoms with E-state index in [1.165, 1.54) is 11.1 Å². The van der Waals surface area contributed by atoms with Crippen LogP contribution in [0.4, 0.5) is 0 Å². The van der Waals surface area contributed by atoms with Gasteiger partial charge in [0.25, 0.3) is 0 Å². The number of carbonyl (C=O) groups is 1. The van der Waals surface area contributed by atoms with Crippen molar-refractivity contribution >= 4 is 5.91 Å². The van der Waals surface area contributed by atoms with Crippen LogP contribution in [-0.4, -0.2) is 18.5 Å². The third-order valence-corrected chi connectivity index (χ3v) is 2.64. The molecule has 1 unspecified atom stereocenters. The number of nitrogens with one attached hydrogen (secondary N) is 1. The van der Waals surface area contributed by atoms with Crippen LogP contribution >= 0.6 is 0 Å². The summed E-state index contributed by atoms with van der Waals surface area (Å²) < 4.78 is 0. The van der Waals surface area contributed by atoms with Crippen LogP contribution in [-0.2, 0) is 4.79 Å². The lowest BCUT2D eigenvalue weighted by atomic mass is 10.00. The van der Waals surface area contributed by atoms with E-state index in [4.69, 9.17) is 5.73 Å². The molecule has 3 nitrogen and oxygen atoms in total. The van der Waals surface area contributed by atoms with E-state index in [1.807, 2.05) is 0 Å². The number of benzene rings is 1. The van der Waals surface area contributed by atoms with Crippen molar-refractivity contribution in [2.24, 2.45) is 5.73 Å². The van der Waals surface area contributed by atoms with Crippen molar-refractivity contribution in [1.29, 1.82) is 0 Å². The zero-order valence-corrected chi connectivity index (χ0v) is 10.2. The van der Waals surface area contributed by atoms with Crippen molar-refractivity contribution in [2.75, 3.05) is 6.54 Å². The van der Waals surface area contributed by atoms with Crippen LogP contribution in [0.25, 0.3) is 0 Å². The van der Waals surface area contributed by atoms with Gasteiger partial charge in [-0.05, 0) is 25.3 Å². The summed E-state index contributed by atoms with van der Waals surface area (Å²) in [4.78, 5) is 11.3. The molecule has 0 heterocycles. The summed E-state index contributed by atoms with van der Waals surface area (Å²) in [6, 6.07) is 7.92. The Morgan fingerprint density at radius 2 is 1.88 bits per heavy atom. The molecule has 1 amide bonds. The van der Waals surface area contributed by atoms with Gasteiger partial charge in [0.15, 0.2) is 0 Å². The molecule has 0 spiro atoms. The van der Waals surface area contributed by atoms with Gasteiger partial charge in [-0.15, -0.1) is 0 Å². The Morgan fingerprint density at radius 3 is 2.38 bits per heavy atom. The van der Waals surface area contributed by atoms with Crippen molar-refractivity contribution in [3.63, 3.8) is 0 Å². The zero-order valence-electron chi connectivity index (χ0n) is 10.2. The fourth-order valence-electron chi connectivity index (χ4n) is 1.43. The molecule has 3 N–H and O–H groups in total. The molecular formula is C13H20N2O. The molecule has 0 aromatic heterocycles. The highest BCUT2D eigenvalue weighted by Crippen LogP contribution is 2.14. The molecule has 3 heteroatoms. The topological polar surface area (TPSA) is 55.1 Å². The standard InChI is InChI=1S/C13H20N2O/c1-9-4-6-12(7-5-9)10(2)8-15-13(16)11(3)14/h4-7,10-11H,8,14H2,1-3H3,(H,15,16)/t10?,11-/m1/s1. The van der Waals surface area contributed by atoms with E-state index in [1.54, 1.807) is 6.92 Å². The average Bonchev–Trinajstić information content (AvgIpc) is 2.26. The molecule has 2 atom stereocenters. The van der Waals surface area contributed by atoms with E-state index in [9.17, 15) is 4.79 Å². The van der Waals surface area contributed by atoms with Crippen molar-refractivity contribution in [2.45, 2.75) is 32.7 Å². The summed E-state index contributed by atoms with van der Waals surface area (Å²) in [6.45, 7) is 6.47. The highest BCUT2D eigenvalue weighted by molar-refractivity contribution is 5.80. The lowest BCUT2D eigenvalue weighted by Gasteiger charge is -2.14. The molecule has 88 valence electrons. The maximum Gasteiger partial charge on any atom is 0.236 e. The second kappa shape index (κ2) is 5.66. The lowest BCUT2D eigenvalue weighted by molar-refractivity contribution is -0.122. The summed E-state index contributed by atoms with van der Waals surface area (Å²) in [6.07, 6.45) is 0. The number of hydrogen-bond acceptors (Lipinski definition) is 2. The zero-order chi connectivity index (χ0) is 12.1. The van der Waals surface area contributed by atoms with Crippen LogP contribution < -0.4 is 11.1 Å². The Morgan fingerprint density at radius 1 is 1.31 bits per heavy atom. The first-order valence-corrected chi connectivity index (χ1v) is 5.60. The number of amides is 1. The van der Waals surface area contributed by atoms with E-state index >= 15 is 0 Å². The third kappa shape index (κ3) is 3.66. The summed E-state index contributed by atoms with van der Waals surface area (Å²) in [7, 11) is 0. The van der Waals surface area contributed by atoms with Gasteiger partial charge in [-0.3, -0.25) is 4.79 Å². The molecule has 0 aliphatic carbocycles. The summed E-state index contributed by atoms with van der Waals surface area (Å²) in [5.74, 6) is 0.210. The summed E-state index contributed by atoms with van der Waals surface area (Å²) >= 11 is 0. The minimum atomic E-state index is -0.440. The number of carbonyl (C=O) groups excluding carboxylic acids is 1. The Labute approximate surface area is 97.0 Å². The molecule has 1 aromatic carbocycles. The van der Waals surface area contributed by atoms with Crippen molar-refractivity contribution in [1.82, 2.24) is 5.32 Å². The van der Waals surface area contributed by atoms with Crippen LogP contribution in [0.2, 0.25) is 0 Å². The Hall–Kier alpha value is -1.35. The number of nitrogens with two attached hydrogens (primary N) is 1. The van der Waals surface area contributed by atoms with Crippen LogP contribution in [0.1, 0.15) is 30.9 Å². The first-order chi connectivity index (χ1) is 7.50. The molecule has 0 saturated carbocycles. The second-order valence-corrected chi connectivity index (χ2v) is 4.35. The fourth-order valence-corrected chi connectivity index (χ4v) is 1.43. The molecule has 0 bridgehead atoms. The maximum absolute atomic E-state index is 11.3. The molecule has 0 saturated heterocycles. The second-order valence-electron chi connectivity index (χ2n) is 4.35. The third-order valence-electron chi connectivity index (χ3n) is 2.64. The Bertz CT molecular complexity index is 343. The minimum absolute atomic E-state index is 0.0982. The smallest absolute Gasteiger partial charge is 0.236 e. The number of aryl methyl sites for hydroxylation is 1. The molecule has 0 radical (unpaired) electrons. The van der Waals surface area contributed by atoms with Gasteiger partial charge in [0, 0.05) is 6.54 Å². The van der Waals surface area contributed by atoms with Crippen molar-refractivity contribution < 1.29 is 4.79 Å². The summed E-state index contributed by atoms with van der Waals surface area (Å²) in [5.41, 5.74) is 7.95. The van der Waals surface area contributed by atoms with Crippen LogP contribution in [0, 0.1) is 6.92 Å². The predicted octanol–water partition coefficient (Wildman–Crippen LogP) is 1.56. The van der Waals surface area contributed by atoms with Gasteiger partial charge in [-0.2, -0.15) is 0 Å². The van der Waals surface area contributed by atoms with Gasteiger partial charge in [-0.25, -0.2) is 0 Å². The lowest BCUT2D eigenvalue weighted by Crippen LogP contribution is -2.39. The van der Waals surface area contributed by atoms with Gasteiger partial charge in [0.05, 0.1) is 6.04 Å².